The number of hydrogen-bond acceptors (Lipinski definition) is 6. The van der Waals surface area contributed by atoms with Gasteiger partial charge in [-0.05, 0) is 69.4 Å². The van der Waals surface area contributed by atoms with Crippen LogP contribution >= 0.6 is 0 Å². The van der Waals surface area contributed by atoms with Gasteiger partial charge in [-0.2, -0.15) is 0 Å². The van der Waals surface area contributed by atoms with Crippen molar-refractivity contribution in [1.29, 1.82) is 0 Å². The third-order valence-electron chi connectivity index (χ3n) is 7.06. The summed E-state index contributed by atoms with van der Waals surface area (Å²) in [4.78, 5) is 14.3. The van der Waals surface area contributed by atoms with Crippen LogP contribution in [0.4, 0.5) is 0 Å². The number of ketones is 1. The van der Waals surface area contributed by atoms with Crippen molar-refractivity contribution in [1.82, 2.24) is 10.1 Å². The summed E-state index contributed by atoms with van der Waals surface area (Å²) in [7, 11) is 1.60. The minimum atomic E-state index is 0.0207. The van der Waals surface area contributed by atoms with Crippen molar-refractivity contribution in [3.05, 3.63) is 53.7 Å². The fourth-order valence-electron chi connectivity index (χ4n) is 5.50. The van der Waals surface area contributed by atoms with Crippen molar-refractivity contribution in [3.63, 3.8) is 0 Å². The molecular formula is C26H30N2O4. The van der Waals surface area contributed by atoms with Gasteiger partial charge in [0.15, 0.2) is 22.9 Å². The number of rotatable bonds is 8. The lowest BCUT2D eigenvalue weighted by atomic mass is 9.87. The van der Waals surface area contributed by atoms with Crippen molar-refractivity contribution in [3.8, 4) is 11.5 Å². The third-order valence-corrected chi connectivity index (χ3v) is 7.06. The molecule has 168 valence electrons. The van der Waals surface area contributed by atoms with E-state index in [9.17, 15) is 4.79 Å². The Morgan fingerprint density at radius 1 is 1.12 bits per heavy atom. The summed E-state index contributed by atoms with van der Waals surface area (Å²) >= 11 is 0. The largest absolute Gasteiger partial charge is 0.493 e. The number of carbonyl (C=O) groups is 1. The van der Waals surface area contributed by atoms with Crippen molar-refractivity contribution < 1.29 is 18.8 Å². The maximum Gasteiger partial charge on any atom is 0.167 e. The molecule has 2 aromatic carbocycles. The Labute approximate surface area is 188 Å². The number of hydrogen-bond donors (Lipinski definition) is 0. The summed E-state index contributed by atoms with van der Waals surface area (Å²) < 4.78 is 17.0. The highest BCUT2D eigenvalue weighted by atomic mass is 16.5. The average Bonchev–Trinajstić information content (AvgIpc) is 3.34. The summed E-state index contributed by atoms with van der Waals surface area (Å²) in [5.74, 6) is 1.80. The smallest absolute Gasteiger partial charge is 0.167 e. The first kappa shape index (κ1) is 21.0. The van der Waals surface area contributed by atoms with Crippen LogP contribution in [0.2, 0.25) is 0 Å². The first-order valence-corrected chi connectivity index (χ1v) is 11.6. The summed E-state index contributed by atoms with van der Waals surface area (Å²) in [5.41, 5.74) is 2.66. The van der Waals surface area contributed by atoms with Crippen molar-refractivity contribution >= 4 is 16.8 Å². The summed E-state index contributed by atoms with van der Waals surface area (Å²) in [5, 5.41) is 5.61. The van der Waals surface area contributed by atoms with Crippen LogP contribution in [0.1, 0.15) is 61.0 Å². The van der Waals surface area contributed by atoms with Crippen LogP contribution in [0.5, 0.6) is 11.5 Å². The molecule has 2 atom stereocenters. The lowest BCUT2D eigenvalue weighted by molar-refractivity contribution is 0.101. The van der Waals surface area contributed by atoms with Gasteiger partial charge in [-0.15, -0.1) is 0 Å². The SMILES string of the molecule is COc1cc(C(C)=O)ccc1OCCCN1C2CCC1CC(c1noc3ccccc13)C2. The average molecular weight is 435 g/mol. The normalized spacial score (nSPS) is 22.9. The standard InChI is InChI=1S/C26H30N2O4/c1-17(29)18-8-11-24(25(16-18)30-2)31-13-5-12-28-20-9-10-21(28)15-19(14-20)26-22-6-3-4-7-23(22)32-27-26/h3-4,6-8,11,16,19-21H,5,9-10,12-15H2,1-2H3. The quantitative estimate of drug-likeness (QED) is 0.358. The molecule has 1 aromatic heterocycles. The highest BCUT2D eigenvalue weighted by Gasteiger charge is 2.41. The Balaban J connectivity index is 1.17. The zero-order valence-electron chi connectivity index (χ0n) is 18.8. The monoisotopic (exact) mass is 434 g/mol. The van der Waals surface area contributed by atoms with Gasteiger partial charge >= 0.3 is 0 Å². The van der Waals surface area contributed by atoms with E-state index >= 15 is 0 Å². The molecule has 0 amide bonds. The van der Waals surface area contributed by atoms with Crippen molar-refractivity contribution in [2.45, 2.75) is 57.0 Å². The molecule has 5 rings (SSSR count). The zero-order chi connectivity index (χ0) is 22.1. The molecule has 0 aliphatic carbocycles. The van der Waals surface area contributed by atoms with Gasteiger partial charge in [0.2, 0.25) is 0 Å². The molecule has 32 heavy (non-hydrogen) atoms. The van der Waals surface area contributed by atoms with Crippen LogP contribution in [0, 0.1) is 0 Å². The number of aromatic nitrogens is 1. The number of benzene rings is 2. The second-order valence-corrected chi connectivity index (χ2v) is 8.98. The molecule has 2 saturated heterocycles. The number of piperidine rings is 1. The summed E-state index contributed by atoms with van der Waals surface area (Å²) in [6, 6.07) is 14.8. The van der Waals surface area contributed by atoms with E-state index in [0.29, 0.717) is 41.7 Å². The lowest BCUT2D eigenvalue weighted by Crippen LogP contribution is -2.43. The van der Waals surface area contributed by atoms with E-state index in [1.165, 1.54) is 18.2 Å². The minimum absolute atomic E-state index is 0.0207. The number of nitrogens with zero attached hydrogens (tertiary/aromatic N) is 2. The fourth-order valence-corrected chi connectivity index (χ4v) is 5.50. The predicted octanol–water partition coefficient (Wildman–Crippen LogP) is 5.22. The van der Waals surface area contributed by atoms with Gasteiger partial charge in [0.1, 0.15) is 0 Å². The van der Waals surface area contributed by atoms with Gasteiger partial charge in [-0.25, -0.2) is 0 Å². The van der Waals surface area contributed by atoms with E-state index in [0.717, 1.165) is 37.1 Å². The molecule has 0 saturated carbocycles. The minimum Gasteiger partial charge on any atom is -0.493 e. The van der Waals surface area contributed by atoms with Gasteiger partial charge in [0.25, 0.3) is 0 Å². The Morgan fingerprint density at radius 2 is 1.91 bits per heavy atom. The Kier molecular flexibility index (Phi) is 5.87. The molecule has 2 aliphatic heterocycles. The van der Waals surface area contributed by atoms with Crippen LogP contribution in [0.15, 0.2) is 47.0 Å². The molecule has 3 heterocycles. The molecule has 6 heteroatoms. The first-order valence-electron chi connectivity index (χ1n) is 11.6. The number of carbonyl (C=O) groups excluding carboxylic acids is 1. The van der Waals surface area contributed by atoms with Gasteiger partial charge in [-0.3, -0.25) is 9.69 Å². The highest BCUT2D eigenvalue weighted by Crippen LogP contribution is 2.44. The van der Waals surface area contributed by atoms with Crippen molar-refractivity contribution in [2.24, 2.45) is 0 Å². The number of fused-ring (bicyclic) bond motifs is 3. The van der Waals surface area contributed by atoms with E-state index in [4.69, 9.17) is 14.0 Å². The fraction of sp³-hybridized carbons (Fsp3) is 0.462. The second-order valence-electron chi connectivity index (χ2n) is 8.98. The summed E-state index contributed by atoms with van der Waals surface area (Å²) in [6.07, 6.45) is 5.78. The maximum absolute atomic E-state index is 11.6. The van der Waals surface area contributed by atoms with E-state index in [1.807, 2.05) is 18.2 Å². The Bertz CT molecular complexity index is 1090. The molecule has 2 fully saturated rings. The number of para-hydroxylation sites is 1. The van der Waals surface area contributed by atoms with Crippen LogP contribution in [0.25, 0.3) is 11.0 Å². The number of ether oxygens (including phenoxy) is 2. The molecule has 3 aromatic rings. The maximum atomic E-state index is 11.6. The van der Waals surface area contributed by atoms with Gasteiger partial charge < -0.3 is 14.0 Å². The molecule has 2 bridgehead atoms. The molecule has 0 N–H and O–H groups in total. The third kappa shape index (κ3) is 3.99. The van der Waals surface area contributed by atoms with E-state index in [-0.39, 0.29) is 5.78 Å². The lowest BCUT2D eigenvalue weighted by Gasteiger charge is -2.38. The molecule has 6 nitrogen and oxygen atoms in total. The van der Waals surface area contributed by atoms with Gasteiger partial charge in [0.05, 0.1) is 19.4 Å². The van der Waals surface area contributed by atoms with Gasteiger partial charge in [0, 0.05) is 35.5 Å². The van der Waals surface area contributed by atoms with Crippen LogP contribution in [-0.2, 0) is 0 Å². The van der Waals surface area contributed by atoms with Crippen molar-refractivity contribution in [2.75, 3.05) is 20.3 Å². The number of Topliss-reactive ketones (excluding diaryl/α,β-unsaturated/α-hetero) is 1. The topological polar surface area (TPSA) is 64.8 Å². The molecule has 2 aliphatic rings. The second kappa shape index (κ2) is 8.94. The first-order chi connectivity index (χ1) is 15.6. The van der Waals surface area contributed by atoms with Crippen LogP contribution < -0.4 is 9.47 Å². The van der Waals surface area contributed by atoms with Crippen LogP contribution in [-0.4, -0.2) is 48.2 Å². The molecule has 2 unspecified atom stereocenters. The Morgan fingerprint density at radius 3 is 2.66 bits per heavy atom. The van der Waals surface area contributed by atoms with E-state index < -0.39 is 0 Å². The zero-order valence-corrected chi connectivity index (χ0v) is 18.8. The Hall–Kier alpha value is -2.86. The predicted molar refractivity (Wildman–Crippen MR) is 123 cm³/mol. The number of methoxy groups -OCH3 is 1. The van der Waals surface area contributed by atoms with Crippen LogP contribution in [0.3, 0.4) is 0 Å². The molecule has 0 radical (unpaired) electrons. The summed E-state index contributed by atoms with van der Waals surface area (Å²) in [6.45, 7) is 3.22. The van der Waals surface area contributed by atoms with Gasteiger partial charge in [-0.1, -0.05) is 17.3 Å². The van der Waals surface area contributed by atoms with E-state index in [1.54, 1.807) is 26.2 Å². The molecule has 0 spiro atoms. The highest BCUT2D eigenvalue weighted by molar-refractivity contribution is 5.94. The molecular weight excluding hydrogens is 404 g/mol. The van der Waals surface area contributed by atoms with E-state index in [2.05, 4.69) is 22.2 Å².